The lowest BCUT2D eigenvalue weighted by molar-refractivity contribution is 0.321. The van der Waals surface area contributed by atoms with Gasteiger partial charge in [-0.25, -0.2) is 0 Å². The summed E-state index contributed by atoms with van der Waals surface area (Å²) in [4.78, 5) is 6.96. The first-order chi connectivity index (χ1) is 14.2. The summed E-state index contributed by atoms with van der Waals surface area (Å²) >= 11 is 0. The van der Waals surface area contributed by atoms with Gasteiger partial charge in [-0.15, -0.1) is 24.0 Å². The van der Waals surface area contributed by atoms with Gasteiger partial charge in [-0.1, -0.05) is 0 Å². The van der Waals surface area contributed by atoms with Crippen LogP contribution in [0.2, 0.25) is 0 Å². The molecule has 1 saturated heterocycles. The minimum Gasteiger partial charge on any atom is -0.497 e. The molecule has 3 fully saturated rings. The van der Waals surface area contributed by atoms with Gasteiger partial charge in [-0.3, -0.25) is 9.89 Å². The second-order valence-corrected chi connectivity index (χ2v) is 8.88. The van der Waals surface area contributed by atoms with E-state index in [0.29, 0.717) is 6.04 Å². The van der Waals surface area contributed by atoms with E-state index in [0.717, 1.165) is 67.8 Å². The Hall–Kier alpha value is -1.22. The number of ether oxygens (including phenoxy) is 2. The first-order valence-corrected chi connectivity index (χ1v) is 11.1. The molecule has 1 aromatic carbocycles. The molecule has 2 N–H and O–H groups in total. The third-order valence-corrected chi connectivity index (χ3v) is 6.61. The molecular formula is C23H37IN4O2. The number of likely N-dealkylation sites (tertiary alicyclic amines) is 1. The van der Waals surface area contributed by atoms with Crippen LogP contribution >= 0.6 is 24.0 Å². The Morgan fingerprint density at radius 1 is 1.07 bits per heavy atom. The molecule has 1 aliphatic heterocycles. The number of nitrogens with one attached hydrogen (secondary N) is 2. The molecule has 7 heteroatoms. The van der Waals surface area contributed by atoms with E-state index in [-0.39, 0.29) is 24.0 Å². The van der Waals surface area contributed by atoms with E-state index in [9.17, 15) is 0 Å². The van der Waals surface area contributed by atoms with E-state index in [4.69, 9.17) is 9.47 Å². The standard InChI is InChI=1S/C23H36N4O2.HI/c1-24-23(25-13-22(17-4-5-17)18-6-7-18)26-19-8-9-27(15-19)14-16-10-20(28-2)12-21(11-16)29-3;/h10-12,17-19,22H,4-9,13-15H2,1-3H3,(H2,24,25,26);1H. The van der Waals surface area contributed by atoms with Gasteiger partial charge in [0.2, 0.25) is 0 Å². The summed E-state index contributed by atoms with van der Waals surface area (Å²) in [6.45, 7) is 4.09. The van der Waals surface area contributed by atoms with Crippen molar-refractivity contribution >= 4 is 29.9 Å². The third kappa shape index (κ3) is 6.39. The van der Waals surface area contributed by atoms with Gasteiger partial charge in [-0.2, -0.15) is 0 Å². The average Bonchev–Trinajstić information content (AvgIpc) is 3.67. The summed E-state index contributed by atoms with van der Waals surface area (Å²) in [5.74, 6) is 5.45. The second-order valence-electron chi connectivity index (χ2n) is 8.88. The van der Waals surface area contributed by atoms with Crippen molar-refractivity contribution in [1.82, 2.24) is 15.5 Å². The first-order valence-electron chi connectivity index (χ1n) is 11.1. The monoisotopic (exact) mass is 528 g/mol. The van der Waals surface area contributed by atoms with Gasteiger partial charge < -0.3 is 20.1 Å². The number of hydrogen-bond acceptors (Lipinski definition) is 4. The van der Waals surface area contributed by atoms with Crippen LogP contribution < -0.4 is 20.1 Å². The summed E-state index contributed by atoms with van der Waals surface area (Å²) in [5.41, 5.74) is 1.22. The number of nitrogens with zero attached hydrogens (tertiary/aromatic N) is 2. The number of aliphatic imine (C=N–C) groups is 1. The highest BCUT2D eigenvalue weighted by molar-refractivity contribution is 14.0. The zero-order chi connectivity index (χ0) is 20.2. The maximum atomic E-state index is 5.40. The second kappa shape index (κ2) is 10.9. The van der Waals surface area contributed by atoms with Crippen LogP contribution in [0.25, 0.3) is 0 Å². The van der Waals surface area contributed by atoms with Crippen molar-refractivity contribution in [2.75, 3.05) is 40.9 Å². The van der Waals surface area contributed by atoms with Gasteiger partial charge in [0.25, 0.3) is 0 Å². The topological polar surface area (TPSA) is 58.1 Å². The number of hydrogen-bond donors (Lipinski definition) is 2. The fraction of sp³-hybridized carbons (Fsp3) is 0.696. The Morgan fingerprint density at radius 3 is 2.23 bits per heavy atom. The fourth-order valence-electron chi connectivity index (χ4n) is 4.68. The zero-order valence-corrected chi connectivity index (χ0v) is 20.9. The highest BCUT2D eigenvalue weighted by Gasteiger charge is 2.41. The van der Waals surface area contributed by atoms with Crippen LogP contribution in [-0.2, 0) is 6.54 Å². The van der Waals surface area contributed by atoms with Crippen molar-refractivity contribution in [2.24, 2.45) is 22.7 Å². The molecule has 0 amide bonds. The smallest absolute Gasteiger partial charge is 0.191 e. The number of benzene rings is 1. The molecule has 3 aliphatic rings. The molecule has 2 aliphatic carbocycles. The Bertz CT molecular complexity index is 687. The van der Waals surface area contributed by atoms with Crippen molar-refractivity contribution in [2.45, 2.75) is 44.7 Å². The van der Waals surface area contributed by atoms with Crippen LogP contribution in [0, 0.1) is 17.8 Å². The molecule has 0 aromatic heterocycles. The Kier molecular flexibility index (Phi) is 8.51. The van der Waals surface area contributed by atoms with Crippen LogP contribution in [0.15, 0.2) is 23.2 Å². The maximum absolute atomic E-state index is 5.40. The quantitative estimate of drug-likeness (QED) is 0.292. The lowest BCUT2D eigenvalue weighted by Gasteiger charge is -2.22. The van der Waals surface area contributed by atoms with Crippen molar-refractivity contribution in [3.8, 4) is 11.5 Å². The van der Waals surface area contributed by atoms with E-state index in [1.165, 1.54) is 31.2 Å². The summed E-state index contributed by atoms with van der Waals surface area (Å²) in [6.07, 6.45) is 6.86. The molecule has 168 valence electrons. The van der Waals surface area contributed by atoms with Crippen LogP contribution in [-0.4, -0.2) is 57.8 Å². The van der Waals surface area contributed by atoms with Crippen molar-refractivity contribution in [3.63, 3.8) is 0 Å². The van der Waals surface area contributed by atoms with Gasteiger partial charge >= 0.3 is 0 Å². The van der Waals surface area contributed by atoms with Crippen LogP contribution in [0.4, 0.5) is 0 Å². The lowest BCUT2D eigenvalue weighted by atomic mass is 9.98. The number of rotatable bonds is 9. The predicted molar refractivity (Wildman–Crippen MR) is 132 cm³/mol. The van der Waals surface area contributed by atoms with Gasteiger partial charge in [0, 0.05) is 45.3 Å². The minimum atomic E-state index is 0. The number of halogens is 1. The number of guanidine groups is 1. The Morgan fingerprint density at radius 2 is 1.70 bits per heavy atom. The molecule has 4 rings (SSSR count). The van der Waals surface area contributed by atoms with E-state index in [1.807, 2.05) is 13.1 Å². The van der Waals surface area contributed by atoms with Crippen LogP contribution in [0.5, 0.6) is 11.5 Å². The van der Waals surface area contributed by atoms with Gasteiger partial charge in [0.1, 0.15) is 11.5 Å². The summed E-state index contributed by atoms with van der Waals surface area (Å²) in [7, 11) is 5.28. The van der Waals surface area contributed by atoms with Gasteiger partial charge in [-0.05, 0) is 67.6 Å². The van der Waals surface area contributed by atoms with Crippen LogP contribution in [0.1, 0.15) is 37.7 Å². The summed E-state index contributed by atoms with van der Waals surface area (Å²) in [6, 6.07) is 6.55. The predicted octanol–water partition coefficient (Wildman–Crippen LogP) is 3.50. The van der Waals surface area contributed by atoms with Crippen molar-refractivity contribution in [1.29, 1.82) is 0 Å². The summed E-state index contributed by atoms with van der Waals surface area (Å²) < 4.78 is 10.8. The molecule has 1 atom stereocenters. The molecule has 2 saturated carbocycles. The zero-order valence-electron chi connectivity index (χ0n) is 18.5. The molecule has 0 bridgehead atoms. The average molecular weight is 528 g/mol. The summed E-state index contributed by atoms with van der Waals surface area (Å²) in [5, 5.41) is 7.27. The third-order valence-electron chi connectivity index (χ3n) is 6.61. The molecule has 1 unspecified atom stereocenters. The first kappa shape index (κ1) is 23.4. The van der Waals surface area contributed by atoms with Crippen molar-refractivity contribution < 1.29 is 9.47 Å². The molecule has 30 heavy (non-hydrogen) atoms. The van der Waals surface area contributed by atoms with E-state index in [2.05, 4.69) is 32.7 Å². The van der Waals surface area contributed by atoms with Gasteiger partial charge in [0.05, 0.1) is 14.2 Å². The SMILES string of the molecule is CN=C(NCC(C1CC1)C1CC1)NC1CCN(Cc2cc(OC)cc(OC)c2)C1.I. The minimum absolute atomic E-state index is 0. The Labute approximate surface area is 198 Å². The highest BCUT2D eigenvalue weighted by atomic mass is 127. The maximum Gasteiger partial charge on any atom is 0.191 e. The molecular weight excluding hydrogens is 491 g/mol. The van der Waals surface area contributed by atoms with Crippen LogP contribution in [0.3, 0.4) is 0 Å². The Balaban J connectivity index is 0.00000256. The van der Waals surface area contributed by atoms with E-state index in [1.54, 1.807) is 14.2 Å². The molecule has 0 spiro atoms. The molecule has 6 nitrogen and oxygen atoms in total. The molecule has 1 heterocycles. The normalized spacial score (nSPS) is 22.0. The molecule has 0 radical (unpaired) electrons. The lowest BCUT2D eigenvalue weighted by Crippen LogP contribution is -2.46. The number of methoxy groups -OCH3 is 2. The molecule has 1 aromatic rings. The van der Waals surface area contributed by atoms with E-state index >= 15 is 0 Å². The van der Waals surface area contributed by atoms with Gasteiger partial charge in [0.15, 0.2) is 5.96 Å². The fourth-order valence-corrected chi connectivity index (χ4v) is 4.68. The largest absolute Gasteiger partial charge is 0.497 e. The van der Waals surface area contributed by atoms with Crippen molar-refractivity contribution in [3.05, 3.63) is 23.8 Å². The van der Waals surface area contributed by atoms with E-state index < -0.39 is 0 Å². The highest BCUT2D eigenvalue weighted by Crippen LogP contribution is 2.48.